The molecule has 2 bridgehead atoms. The zero-order chi connectivity index (χ0) is 14.9. The minimum atomic E-state index is -0.570. The molecule has 2 saturated carbocycles. The number of hydrogen-bond acceptors (Lipinski definition) is 3. The van der Waals surface area contributed by atoms with E-state index < -0.39 is 5.60 Å². The molecule has 0 spiro atoms. The van der Waals surface area contributed by atoms with E-state index in [0.29, 0.717) is 17.8 Å². The summed E-state index contributed by atoms with van der Waals surface area (Å²) >= 11 is 2.16. The zero-order valence-electron chi connectivity index (χ0n) is 12.8. The van der Waals surface area contributed by atoms with Crippen LogP contribution in [0.3, 0.4) is 0 Å². The van der Waals surface area contributed by atoms with Crippen molar-refractivity contribution in [2.45, 2.75) is 74.9 Å². The monoisotopic (exact) mass is 394 g/mol. The number of alkyl halides is 1. The minimum Gasteiger partial charge on any atom is -0.461 e. The molecule has 2 aliphatic rings. The van der Waals surface area contributed by atoms with Gasteiger partial charge in [0.25, 0.3) is 0 Å². The number of carbonyl (C=O) groups is 1. The van der Waals surface area contributed by atoms with Crippen molar-refractivity contribution in [3.63, 3.8) is 0 Å². The number of aliphatic hydroxyl groups is 1. The summed E-state index contributed by atoms with van der Waals surface area (Å²) in [6, 6.07) is 0. The molecule has 0 aromatic carbocycles. The highest BCUT2D eigenvalue weighted by Gasteiger charge is 2.54. The number of rotatable bonds is 6. The van der Waals surface area contributed by atoms with E-state index in [9.17, 15) is 9.90 Å². The van der Waals surface area contributed by atoms with Crippen LogP contribution in [0, 0.1) is 17.8 Å². The van der Waals surface area contributed by atoms with Crippen LogP contribution in [0.25, 0.3) is 0 Å². The molecule has 1 N–H and O–H groups in total. The van der Waals surface area contributed by atoms with E-state index >= 15 is 0 Å². The fraction of sp³-hybridized carbons (Fsp3) is 0.938. The molecule has 0 heterocycles. The molecule has 5 atom stereocenters. The van der Waals surface area contributed by atoms with Crippen molar-refractivity contribution in [3.8, 4) is 0 Å². The van der Waals surface area contributed by atoms with Gasteiger partial charge in [-0.05, 0) is 50.4 Å². The van der Waals surface area contributed by atoms with Gasteiger partial charge < -0.3 is 9.84 Å². The van der Waals surface area contributed by atoms with Crippen molar-refractivity contribution in [2.75, 3.05) is 0 Å². The van der Waals surface area contributed by atoms with Gasteiger partial charge in [-0.1, -0.05) is 43.4 Å². The lowest BCUT2D eigenvalue weighted by atomic mass is 9.72. The van der Waals surface area contributed by atoms with Crippen LogP contribution in [0.5, 0.6) is 0 Å². The zero-order valence-corrected chi connectivity index (χ0v) is 14.9. The lowest BCUT2D eigenvalue weighted by Gasteiger charge is -2.40. The van der Waals surface area contributed by atoms with E-state index in [0.717, 1.165) is 38.5 Å². The summed E-state index contributed by atoms with van der Waals surface area (Å²) in [4.78, 5) is 12.0. The van der Waals surface area contributed by atoms with Gasteiger partial charge in [0.05, 0.1) is 5.60 Å². The summed E-state index contributed by atoms with van der Waals surface area (Å²) in [5, 5.41) is 10.8. The molecule has 0 amide bonds. The highest BCUT2D eigenvalue weighted by Crippen LogP contribution is 2.54. The van der Waals surface area contributed by atoms with Gasteiger partial charge in [-0.2, -0.15) is 0 Å². The van der Waals surface area contributed by atoms with E-state index in [1.807, 2.05) is 6.92 Å². The van der Waals surface area contributed by atoms with Crippen LogP contribution in [0.4, 0.5) is 0 Å². The first-order valence-electron chi connectivity index (χ1n) is 8.02. The Hall–Kier alpha value is 0.160. The second-order valence-corrected chi connectivity index (χ2v) is 8.01. The van der Waals surface area contributed by atoms with Gasteiger partial charge in [-0.3, -0.25) is 4.79 Å². The number of ether oxygens (including phenoxy) is 1. The molecule has 2 aliphatic carbocycles. The lowest BCUT2D eigenvalue weighted by molar-refractivity contribution is -0.155. The first-order chi connectivity index (χ1) is 9.45. The summed E-state index contributed by atoms with van der Waals surface area (Å²) in [5.74, 6) is 1.25. The molecule has 0 radical (unpaired) electrons. The van der Waals surface area contributed by atoms with Crippen LogP contribution in [0.15, 0.2) is 0 Å². The largest absolute Gasteiger partial charge is 0.461 e. The number of carbonyl (C=O) groups excluding carboxylic acids is 1. The van der Waals surface area contributed by atoms with Gasteiger partial charge in [0.2, 0.25) is 0 Å². The number of esters is 1. The molecule has 2 fully saturated rings. The average molecular weight is 394 g/mol. The maximum Gasteiger partial charge on any atom is 0.319 e. The molecule has 4 heteroatoms. The van der Waals surface area contributed by atoms with Crippen molar-refractivity contribution in [3.05, 3.63) is 0 Å². The first-order valence-corrected chi connectivity index (χ1v) is 9.26. The van der Waals surface area contributed by atoms with Gasteiger partial charge in [-0.15, -0.1) is 0 Å². The van der Waals surface area contributed by atoms with Gasteiger partial charge in [-0.25, -0.2) is 0 Å². The highest BCUT2D eigenvalue weighted by molar-refractivity contribution is 14.1. The second-order valence-electron chi connectivity index (χ2n) is 6.51. The SMILES string of the molecule is CCC(I)C(=O)OC1C[C@@H]2CC1C(C(O)(CC)CC)C2. The predicted octanol–water partition coefficient (Wildman–Crippen LogP) is 3.71. The maximum atomic E-state index is 12.0. The van der Waals surface area contributed by atoms with Crippen molar-refractivity contribution in [1.29, 1.82) is 0 Å². The van der Waals surface area contributed by atoms with Crippen LogP contribution in [-0.2, 0) is 9.53 Å². The van der Waals surface area contributed by atoms with Crippen LogP contribution in [0.2, 0.25) is 0 Å². The van der Waals surface area contributed by atoms with E-state index in [2.05, 4.69) is 36.4 Å². The second kappa shape index (κ2) is 6.51. The van der Waals surface area contributed by atoms with Crippen molar-refractivity contribution < 1.29 is 14.6 Å². The number of halogens is 1. The Bertz CT molecular complexity index is 354. The Kier molecular flexibility index (Phi) is 5.38. The molecular formula is C16H27IO3. The highest BCUT2D eigenvalue weighted by atomic mass is 127. The molecular weight excluding hydrogens is 367 g/mol. The molecule has 116 valence electrons. The molecule has 2 rings (SSSR count). The predicted molar refractivity (Wildman–Crippen MR) is 87.8 cm³/mol. The summed E-state index contributed by atoms with van der Waals surface area (Å²) < 4.78 is 5.71. The molecule has 20 heavy (non-hydrogen) atoms. The summed E-state index contributed by atoms with van der Waals surface area (Å²) in [5.41, 5.74) is -0.570. The average Bonchev–Trinajstić information content (AvgIpc) is 3.05. The first kappa shape index (κ1) is 16.5. The van der Waals surface area contributed by atoms with Crippen molar-refractivity contribution in [2.24, 2.45) is 17.8 Å². The third-order valence-electron chi connectivity index (χ3n) is 5.55. The van der Waals surface area contributed by atoms with Crippen molar-refractivity contribution in [1.82, 2.24) is 0 Å². The van der Waals surface area contributed by atoms with E-state index in [1.54, 1.807) is 0 Å². The molecule has 0 aliphatic heterocycles. The third-order valence-corrected chi connectivity index (χ3v) is 6.94. The van der Waals surface area contributed by atoms with Gasteiger partial charge in [0.15, 0.2) is 0 Å². The summed E-state index contributed by atoms with van der Waals surface area (Å²) in [6.07, 6.45) is 5.69. The van der Waals surface area contributed by atoms with Crippen molar-refractivity contribution >= 4 is 28.6 Å². The Morgan fingerprint density at radius 1 is 1.30 bits per heavy atom. The Morgan fingerprint density at radius 3 is 2.45 bits per heavy atom. The lowest BCUT2D eigenvalue weighted by Crippen LogP contribution is -2.44. The summed E-state index contributed by atoms with van der Waals surface area (Å²) in [7, 11) is 0. The van der Waals surface area contributed by atoms with Crippen LogP contribution in [-0.4, -0.2) is 26.7 Å². The van der Waals surface area contributed by atoms with E-state index in [-0.39, 0.29) is 16.0 Å². The fourth-order valence-corrected chi connectivity index (χ4v) is 4.35. The number of hydrogen-bond donors (Lipinski definition) is 1. The van der Waals surface area contributed by atoms with Crippen LogP contribution in [0.1, 0.15) is 59.3 Å². The fourth-order valence-electron chi connectivity index (χ4n) is 4.20. The van der Waals surface area contributed by atoms with Crippen LogP contribution >= 0.6 is 22.6 Å². The quantitative estimate of drug-likeness (QED) is 0.425. The maximum absolute atomic E-state index is 12.0. The number of fused-ring (bicyclic) bond motifs is 2. The molecule has 0 saturated heterocycles. The standard InChI is InChI=1S/C16H27IO3/c1-4-13(17)15(18)20-14-9-10-7-11(14)12(8-10)16(19,5-2)6-3/h10-14,19H,4-9H2,1-3H3/t10-,11?,12?,13?,14?/m1/s1. The smallest absolute Gasteiger partial charge is 0.319 e. The Balaban J connectivity index is 2.03. The molecule has 4 unspecified atom stereocenters. The Morgan fingerprint density at radius 2 is 1.95 bits per heavy atom. The summed E-state index contributed by atoms with van der Waals surface area (Å²) in [6.45, 7) is 6.14. The van der Waals surface area contributed by atoms with Gasteiger partial charge in [0.1, 0.15) is 10.0 Å². The molecule has 0 aromatic heterocycles. The Labute approximate surface area is 136 Å². The van der Waals surface area contributed by atoms with Gasteiger partial charge in [0, 0.05) is 5.92 Å². The minimum absolute atomic E-state index is 0.0404. The van der Waals surface area contributed by atoms with E-state index in [1.165, 1.54) is 0 Å². The third kappa shape index (κ3) is 3.01. The molecule has 0 aromatic rings. The topological polar surface area (TPSA) is 46.5 Å². The normalized spacial score (nSPS) is 34.2. The van der Waals surface area contributed by atoms with Gasteiger partial charge >= 0.3 is 5.97 Å². The van der Waals surface area contributed by atoms with Crippen LogP contribution < -0.4 is 0 Å². The molecule has 3 nitrogen and oxygen atoms in total. The van der Waals surface area contributed by atoms with E-state index in [4.69, 9.17) is 4.74 Å².